The molecule has 10 heteroatoms. The van der Waals surface area contributed by atoms with Crippen LogP contribution in [0.4, 0.5) is 0 Å². The minimum Gasteiger partial charge on any atom is -0.494 e. The second kappa shape index (κ2) is 15.4. The first kappa shape index (κ1) is 31.8. The summed E-state index contributed by atoms with van der Waals surface area (Å²) in [6.07, 6.45) is 0.811. The van der Waals surface area contributed by atoms with Gasteiger partial charge in [0, 0.05) is 53.8 Å². The Kier molecular flexibility index (Phi) is 11.6. The van der Waals surface area contributed by atoms with E-state index in [2.05, 4.69) is 10.9 Å². The minimum absolute atomic E-state index is 0.0590. The van der Waals surface area contributed by atoms with Crippen molar-refractivity contribution in [3.8, 4) is 5.75 Å². The van der Waals surface area contributed by atoms with Crippen LogP contribution in [-0.4, -0.2) is 54.9 Å². The molecule has 224 valence electrons. The van der Waals surface area contributed by atoms with Gasteiger partial charge in [0.15, 0.2) is 11.6 Å². The molecule has 3 N–H and O–H groups in total. The summed E-state index contributed by atoms with van der Waals surface area (Å²) in [5.74, 6) is 0.609. The highest BCUT2D eigenvalue weighted by molar-refractivity contribution is 6.35. The number of carbonyl (C=O) groups excluding carboxylic acids is 1. The van der Waals surface area contributed by atoms with Crippen molar-refractivity contribution in [2.45, 2.75) is 50.9 Å². The molecule has 0 saturated carbocycles. The Morgan fingerprint density at radius 3 is 2.50 bits per heavy atom. The molecular weight excluding hydrogens is 577 g/mol. The van der Waals surface area contributed by atoms with Gasteiger partial charge in [-0.2, -0.15) is 0 Å². The molecular formula is C32H37Cl2N3O5. The van der Waals surface area contributed by atoms with E-state index >= 15 is 0 Å². The molecule has 3 aromatic rings. The molecule has 0 aromatic heterocycles. The molecule has 0 bridgehead atoms. The smallest absolute Gasteiger partial charge is 0.266 e. The zero-order valence-corrected chi connectivity index (χ0v) is 25.3. The molecule has 3 aromatic carbocycles. The average molecular weight is 615 g/mol. The normalized spacial score (nSPS) is 18.0. The molecule has 0 saturated heterocycles. The molecule has 0 aliphatic carbocycles. The molecule has 1 amide bonds. The number of hydrogen-bond donors (Lipinski definition) is 3. The summed E-state index contributed by atoms with van der Waals surface area (Å²) in [6.45, 7) is 5.52. The van der Waals surface area contributed by atoms with E-state index in [9.17, 15) is 4.79 Å². The lowest BCUT2D eigenvalue weighted by molar-refractivity contribution is -0.130. The van der Waals surface area contributed by atoms with Crippen molar-refractivity contribution < 1.29 is 24.1 Å². The Morgan fingerprint density at radius 2 is 1.81 bits per heavy atom. The number of carbonyl (C=O) groups is 1. The maximum absolute atomic E-state index is 14.2. The minimum atomic E-state index is -1.40. The number of hydrazine groups is 1. The Balaban J connectivity index is 1.69. The van der Waals surface area contributed by atoms with Crippen molar-refractivity contribution in [2.24, 2.45) is 4.99 Å². The topological polar surface area (TPSA) is 101 Å². The van der Waals surface area contributed by atoms with Gasteiger partial charge >= 0.3 is 0 Å². The molecule has 1 heterocycles. The Hall–Kier alpha value is -3.14. The Bertz CT molecular complexity index is 1340. The van der Waals surface area contributed by atoms with Gasteiger partial charge in [-0.25, -0.2) is 10.4 Å². The van der Waals surface area contributed by atoms with E-state index in [1.54, 1.807) is 30.3 Å². The maximum atomic E-state index is 14.2. The van der Waals surface area contributed by atoms with Crippen LogP contribution in [0.3, 0.4) is 0 Å². The Labute approximate surface area is 257 Å². The van der Waals surface area contributed by atoms with Crippen LogP contribution in [0.5, 0.6) is 5.75 Å². The van der Waals surface area contributed by atoms with Gasteiger partial charge in [-0.3, -0.25) is 10.2 Å². The zero-order valence-electron chi connectivity index (χ0n) is 23.8. The van der Waals surface area contributed by atoms with E-state index in [1.807, 2.05) is 56.3 Å². The number of aliphatic imine (C=N–C) groups is 1. The monoisotopic (exact) mass is 613 g/mol. The molecule has 2 atom stereocenters. The number of amides is 1. The first-order chi connectivity index (χ1) is 20.3. The number of ether oxygens (including phenoxy) is 3. The van der Waals surface area contributed by atoms with Gasteiger partial charge < -0.3 is 19.3 Å². The van der Waals surface area contributed by atoms with E-state index in [-0.39, 0.29) is 25.0 Å². The summed E-state index contributed by atoms with van der Waals surface area (Å²) in [4.78, 5) is 19.2. The second-order valence-electron chi connectivity index (χ2n) is 10.3. The summed E-state index contributed by atoms with van der Waals surface area (Å²) >= 11 is 12.9. The molecule has 1 aliphatic rings. The van der Waals surface area contributed by atoms with Crippen LogP contribution in [-0.2, 0) is 20.7 Å². The van der Waals surface area contributed by atoms with Gasteiger partial charge in [0.25, 0.3) is 5.91 Å². The lowest BCUT2D eigenvalue weighted by atomic mass is 9.82. The van der Waals surface area contributed by atoms with Crippen molar-refractivity contribution >= 4 is 35.0 Å². The number of nitrogens with one attached hydrogen (secondary N) is 2. The van der Waals surface area contributed by atoms with Crippen LogP contribution < -0.4 is 15.6 Å². The largest absolute Gasteiger partial charge is 0.494 e. The predicted molar refractivity (Wildman–Crippen MR) is 165 cm³/mol. The first-order valence-corrected chi connectivity index (χ1v) is 14.8. The summed E-state index contributed by atoms with van der Waals surface area (Å²) in [7, 11) is 0. The van der Waals surface area contributed by atoms with Crippen molar-refractivity contribution in [2.75, 3.05) is 26.4 Å². The van der Waals surface area contributed by atoms with Gasteiger partial charge in [-0.15, -0.1) is 0 Å². The molecule has 1 aliphatic heterocycles. The van der Waals surface area contributed by atoms with Crippen molar-refractivity contribution in [3.05, 3.63) is 99.5 Å². The van der Waals surface area contributed by atoms with E-state index in [4.69, 9.17) is 47.5 Å². The third kappa shape index (κ3) is 8.24. The summed E-state index contributed by atoms with van der Waals surface area (Å²) in [5, 5.41) is 9.88. The third-order valence-electron chi connectivity index (χ3n) is 6.69. The standard InChI is InChI=1S/C32H37Cl2N3O5/c1-22(2)40-18-6-16-35-37-31(39)32(21-23-8-4-3-5-9-23)29(27-15-12-25(33)20-28(27)34)42-30(36-32)24-10-13-26(14-11-24)41-19-7-17-38/h3-5,8-15,20,22,29,35,38H,6-7,16-19,21H2,1-2H3,(H,37,39)/t29-,32-/m0/s1. The first-order valence-electron chi connectivity index (χ1n) is 14.1. The van der Waals surface area contributed by atoms with Gasteiger partial charge in [-0.1, -0.05) is 59.6 Å². The van der Waals surface area contributed by atoms with Gasteiger partial charge in [0.1, 0.15) is 5.75 Å². The number of benzene rings is 3. The van der Waals surface area contributed by atoms with Crippen LogP contribution in [0.1, 0.15) is 49.5 Å². The van der Waals surface area contributed by atoms with E-state index in [1.165, 1.54) is 0 Å². The summed E-state index contributed by atoms with van der Waals surface area (Å²) in [6, 6.07) is 22.1. The van der Waals surface area contributed by atoms with E-state index < -0.39 is 11.6 Å². The van der Waals surface area contributed by atoms with Crippen molar-refractivity contribution in [1.29, 1.82) is 0 Å². The van der Waals surface area contributed by atoms with Crippen LogP contribution in [0.2, 0.25) is 10.0 Å². The fraction of sp³-hybridized carbons (Fsp3) is 0.375. The number of aliphatic hydroxyl groups excluding tert-OH is 1. The van der Waals surface area contributed by atoms with Crippen molar-refractivity contribution in [3.63, 3.8) is 0 Å². The SMILES string of the molecule is CC(C)OCCCNNC(=O)[C@@]1(Cc2ccccc2)N=C(c2ccc(OCCCO)cc2)O[C@H]1c1ccc(Cl)cc1Cl. The average Bonchev–Trinajstić information content (AvgIpc) is 3.35. The number of aliphatic hydroxyl groups is 1. The van der Waals surface area contributed by atoms with E-state index in [0.29, 0.717) is 65.4 Å². The van der Waals surface area contributed by atoms with E-state index in [0.717, 1.165) is 5.56 Å². The molecule has 4 rings (SSSR count). The number of halogens is 2. The molecule has 0 spiro atoms. The van der Waals surface area contributed by atoms with Crippen LogP contribution in [0, 0.1) is 0 Å². The molecule has 8 nitrogen and oxygen atoms in total. The summed E-state index contributed by atoms with van der Waals surface area (Å²) in [5.41, 5.74) is 6.70. The maximum Gasteiger partial charge on any atom is 0.266 e. The highest BCUT2D eigenvalue weighted by atomic mass is 35.5. The highest BCUT2D eigenvalue weighted by Crippen LogP contribution is 2.45. The van der Waals surface area contributed by atoms with Crippen LogP contribution in [0.15, 0.2) is 77.8 Å². The predicted octanol–water partition coefficient (Wildman–Crippen LogP) is 5.69. The number of nitrogens with zero attached hydrogens (tertiary/aromatic N) is 1. The highest BCUT2D eigenvalue weighted by Gasteiger charge is 2.54. The Morgan fingerprint density at radius 1 is 1.05 bits per heavy atom. The fourth-order valence-electron chi connectivity index (χ4n) is 4.61. The number of hydrogen-bond acceptors (Lipinski definition) is 7. The third-order valence-corrected chi connectivity index (χ3v) is 7.25. The zero-order chi connectivity index (χ0) is 30.0. The number of rotatable bonds is 15. The fourth-order valence-corrected chi connectivity index (χ4v) is 5.12. The van der Waals surface area contributed by atoms with Crippen molar-refractivity contribution in [1.82, 2.24) is 10.9 Å². The lowest BCUT2D eigenvalue weighted by Crippen LogP contribution is -2.54. The molecule has 42 heavy (non-hydrogen) atoms. The van der Waals surface area contributed by atoms with Crippen LogP contribution >= 0.6 is 23.2 Å². The quantitative estimate of drug-likeness (QED) is 0.150. The lowest BCUT2D eigenvalue weighted by Gasteiger charge is -2.31. The molecule has 0 fully saturated rings. The van der Waals surface area contributed by atoms with Gasteiger partial charge in [-0.05, 0) is 62.2 Å². The second-order valence-corrected chi connectivity index (χ2v) is 11.1. The van der Waals surface area contributed by atoms with Gasteiger partial charge in [0.2, 0.25) is 5.90 Å². The van der Waals surface area contributed by atoms with Crippen LogP contribution in [0.25, 0.3) is 0 Å². The molecule has 0 unspecified atom stereocenters. The summed E-state index contributed by atoms with van der Waals surface area (Å²) < 4.78 is 17.8. The molecule has 0 radical (unpaired) electrons. The van der Waals surface area contributed by atoms with Gasteiger partial charge in [0.05, 0.1) is 12.7 Å².